The van der Waals surface area contributed by atoms with E-state index < -0.39 is 0 Å². The Morgan fingerprint density at radius 1 is 0.875 bits per heavy atom. The van der Waals surface area contributed by atoms with Gasteiger partial charge in [-0.2, -0.15) is 11.6 Å². The van der Waals surface area contributed by atoms with E-state index in [0.29, 0.717) is 11.3 Å². The van der Waals surface area contributed by atoms with Gasteiger partial charge in [0.2, 0.25) is 0 Å². The molecule has 1 aliphatic rings. The van der Waals surface area contributed by atoms with E-state index in [1.807, 2.05) is 12.2 Å². The SMILES string of the molecule is C=Cc1ccc2[cH-]c3ccc(C=C)cc3c2c1.CCC1[C-]=CC(C(C)(C)C)=C1.CC[C](=[Zr+2])c1ccccc1.[Cl-].[Cl-]. The maximum atomic E-state index is 3.82. The summed E-state index contributed by atoms with van der Waals surface area (Å²) >= 11 is 1.54. The molecular formula is C37H40Cl2Zr-2. The van der Waals surface area contributed by atoms with Crippen LogP contribution in [-0.4, -0.2) is 3.21 Å². The van der Waals surface area contributed by atoms with Crippen LogP contribution in [0, 0.1) is 17.4 Å². The fourth-order valence-electron chi connectivity index (χ4n) is 4.34. The van der Waals surface area contributed by atoms with Gasteiger partial charge in [0, 0.05) is 0 Å². The summed E-state index contributed by atoms with van der Waals surface area (Å²) < 4.78 is 1.55. The van der Waals surface area contributed by atoms with E-state index in [1.165, 1.54) is 69.8 Å². The van der Waals surface area contributed by atoms with E-state index in [1.54, 1.807) is 3.21 Å². The molecule has 0 aromatic heterocycles. The Labute approximate surface area is 269 Å². The first-order valence-electron chi connectivity index (χ1n) is 13.5. The van der Waals surface area contributed by atoms with Gasteiger partial charge in [-0.25, -0.2) is 6.08 Å². The minimum absolute atomic E-state index is 0. The second kappa shape index (κ2) is 16.9. The number of fused-ring (bicyclic) bond motifs is 3. The Kier molecular flexibility index (Phi) is 15.2. The predicted molar refractivity (Wildman–Crippen MR) is 167 cm³/mol. The molecule has 0 N–H and O–H groups in total. The van der Waals surface area contributed by atoms with Crippen LogP contribution in [0.2, 0.25) is 0 Å². The van der Waals surface area contributed by atoms with Gasteiger partial charge in [-0.3, -0.25) is 6.08 Å². The van der Waals surface area contributed by atoms with Crippen molar-refractivity contribution in [3.05, 3.63) is 126 Å². The molecule has 1 aliphatic carbocycles. The molecule has 0 fully saturated rings. The molecule has 0 saturated heterocycles. The Bertz CT molecular complexity index is 1400. The van der Waals surface area contributed by atoms with E-state index in [-0.39, 0.29) is 24.8 Å². The number of benzene rings is 3. The maximum Gasteiger partial charge on any atom is -1.00 e. The van der Waals surface area contributed by atoms with Crippen molar-refractivity contribution < 1.29 is 49.0 Å². The van der Waals surface area contributed by atoms with E-state index >= 15 is 0 Å². The first-order valence-corrected chi connectivity index (χ1v) is 14.8. The van der Waals surface area contributed by atoms with Crippen LogP contribution in [-0.2, 0) is 24.2 Å². The first kappa shape index (κ1) is 35.8. The summed E-state index contributed by atoms with van der Waals surface area (Å²) in [4.78, 5) is 0. The molecule has 3 heteroatoms. The zero-order valence-corrected chi connectivity index (χ0v) is 28.4. The van der Waals surface area contributed by atoms with Crippen molar-refractivity contribution in [2.24, 2.45) is 11.3 Å². The van der Waals surface area contributed by atoms with Crippen LogP contribution in [0.4, 0.5) is 0 Å². The van der Waals surface area contributed by atoms with E-state index in [0.717, 1.165) is 11.1 Å². The molecular weight excluding hydrogens is 607 g/mol. The molecule has 1 unspecified atom stereocenters. The fraction of sp³-hybridized carbons (Fsp3) is 0.243. The smallest absolute Gasteiger partial charge is 1.00 e. The molecule has 0 heterocycles. The molecule has 0 bridgehead atoms. The summed E-state index contributed by atoms with van der Waals surface area (Å²) in [7, 11) is 0. The average molecular weight is 647 g/mol. The second-order valence-electron chi connectivity index (χ2n) is 10.6. The van der Waals surface area contributed by atoms with Crippen LogP contribution in [0.15, 0.2) is 104 Å². The molecule has 1 atom stereocenters. The van der Waals surface area contributed by atoms with Crippen LogP contribution in [0.25, 0.3) is 33.7 Å². The number of halogens is 2. The molecule has 0 aliphatic heterocycles. The van der Waals surface area contributed by atoms with E-state index in [2.05, 4.69) is 139 Å². The van der Waals surface area contributed by atoms with Gasteiger partial charge in [0.05, 0.1) is 0 Å². The minimum Gasteiger partial charge on any atom is -1.00 e. The first-order chi connectivity index (χ1) is 18.2. The molecule has 0 nitrogen and oxygen atoms in total. The third-order valence-electron chi connectivity index (χ3n) is 6.84. The molecule has 4 aromatic rings. The average Bonchev–Trinajstić information content (AvgIpc) is 3.58. The van der Waals surface area contributed by atoms with Gasteiger partial charge in [-0.1, -0.05) is 95.0 Å². The van der Waals surface area contributed by atoms with Crippen molar-refractivity contribution in [3.8, 4) is 0 Å². The summed E-state index contributed by atoms with van der Waals surface area (Å²) in [6.45, 7) is 18.8. The van der Waals surface area contributed by atoms with Crippen molar-refractivity contribution in [2.75, 3.05) is 0 Å². The quantitative estimate of drug-likeness (QED) is 0.280. The van der Waals surface area contributed by atoms with Crippen LogP contribution < -0.4 is 24.8 Å². The van der Waals surface area contributed by atoms with Gasteiger partial charge in [0.15, 0.2) is 0 Å². The molecule has 40 heavy (non-hydrogen) atoms. The number of allylic oxidation sites excluding steroid dienone is 4. The largest absolute Gasteiger partial charge is 1.00 e. The molecule has 5 rings (SSSR count). The van der Waals surface area contributed by atoms with E-state index in [4.69, 9.17) is 0 Å². The summed E-state index contributed by atoms with van der Waals surface area (Å²) in [5, 5.41) is 5.15. The predicted octanol–water partition coefficient (Wildman–Crippen LogP) is 4.53. The zero-order chi connectivity index (χ0) is 27.7. The zero-order valence-electron chi connectivity index (χ0n) is 24.4. The topological polar surface area (TPSA) is 0 Å². The number of rotatable bonds is 5. The Morgan fingerprint density at radius 2 is 1.40 bits per heavy atom. The van der Waals surface area contributed by atoms with Crippen molar-refractivity contribution in [1.82, 2.24) is 0 Å². The Balaban J connectivity index is 0.000000308. The molecule has 0 saturated carbocycles. The van der Waals surface area contributed by atoms with Crippen LogP contribution in [0.5, 0.6) is 0 Å². The molecule has 0 amide bonds. The van der Waals surface area contributed by atoms with Crippen molar-refractivity contribution in [2.45, 2.75) is 47.5 Å². The van der Waals surface area contributed by atoms with Gasteiger partial charge in [0.25, 0.3) is 0 Å². The standard InChI is InChI=1S/C17H13.C11H17.C9H10.2ClH.Zr/c1-3-12-5-7-14-11-15-8-6-13(4-2)10-17(15)16(14)9-12;1-5-9-6-7-10(8-9)11(2,3)4;1-2-6-9-7-4-3-5-8-9;;;/h3-11H,1-2H2;7-9H,5H2,1-4H3;3-5,7-8H,2H2,1H3;2*1H;/q2*-1;;;;+2/p-2. The molecule has 0 spiro atoms. The molecule has 0 radical (unpaired) electrons. The normalized spacial score (nSPS) is 13.6. The monoisotopic (exact) mass is 644 g/mol. The van der Waals surface area contributed by atoms with E-state index in [9.17, 15) is 0 Å². The maximum absolute atomic E-state index is 3.82. The Hall–Kier alpha value is -2.18. The van der Waals surface area contributed by atoms with Crippen molar-refractivity contribution in [1.29, 1.82) is 0 Å². The van der Waals surface area contributed by atoms with Gasteiger partial charge < -0.3 is 24.8 Å². The van der Waals surface area contributed by atoms with Gasteiger partial charge in [0.1, 0.15) is 0 Å². The summed E-state index contributed by atoms with van der Waals surface area (Å²) in [6, 6.07) is 25.7. The molecule has 4 aromatic carbocycles. The Morgan fingerprint density at radius 3 is 1.77 bits per heavy atom. The number of hydrogen-bond acceptors (Lipinski definition) is 0. The third kappa shape index (κ3) is 9.73. The fourth-order valence-corrected chi connectivity index (χ4v) is 4.75. The number of hydrogen-bond donors (Lipinski definition) is 0. The summed E-state index contributed by atoms with van der Waals surface area (Å²) in [5.41, 5.74) is 5.47. The van der Waals surface area contributed by atoms with Crippen LogP contribution in [0.3, 0.4) is 0 Å². The summed E-state index contributed by atoms with van der Waals surface area (Å²) in [6.07, 6.45) is 14.0. The van der Waals surface area contributed by atoms with Gasteiger partial charge >= 0.3 is 76.7 Å². The van der Waals surface area contributed by atoms with Gasteiger partial charge in [-0.15, -0.1) is 39.7 Å². The van der Waals surface area contributed by atoms with Crippen LogP contribution in [0.1, 0.15) is 64.2 Å². The van der Waals surface area contributed by atoms with Crippen LogP contribution >= 0.6 is 0 Å². The minimum atomic E-state index is 0. The van der Waals surface area contributed by atoms with Crippen molar-refractivity contribution >= 4 is 36.9 Å². The second-order valence-corrected chi connectivity index (χ2v) is 12.1. The van der Waals surface area contributed by atoms with Gasteiger partial charge in [-0.05, 0) is 11.1 Å². The molecule has 208 valence electrons. The van der Waals surface area contributed by atoms with Crippen molar-refractivity contribution in [3.63, 3.8) is 0 Å². The summed E-state index contributed by atoms with van der Waals surface area (Å²) in [5.74, 6) is 0.573. The third-order valence-corrected chi connectivity index (χ3v) is 8.42.